The van der Waals surface area contributed by atoms with Crippen molar-refractivity contribution in [3.8, 4) is 0 Å². The fourth-order valence-electron chi connectivity index (χ4n) is 2.73. The number of hydrogen-bond acceptors (Lipinski definition) is 5. The van der Waals surface area contributed by atoms with Gasteiger partial charge in [-0.1, -0.05) is 6.92 Å². The lowest BCUT2D eigenvalue weighted by atomic mass is 9.94. The lowest BCUT2D eigenvalue weighted by molar-refractivity contribution is -0.384. The van der Waals surface area contributed by atoms with Gasteiger partial charge in [0, 0.05) is 24.2 Å². The van der Waals surface area contributed by atoms with Crippen molar-refractivity contribution >= 4 is 17.3 Å². The Kier molecular flexibility index (Phi) is 4.42. The van der Waals surface area contributed by atoms with E-state index in [0.717, 1.165) is 19.5 Å². The number of benzene rings is 1. The predicted molar refractivity (Wildman–Crippen MR) is 80.3 cm³/mol. The molecule has 7 heteroatoms. The van der Waals surface area contributed by atoms with Crippen LogP contribution >= 0.6 is 0 Å². The highest BCUT2D eigenvalue weighted by Gasteiger charge is 2.26. The summed E-state index contributed by atoms with van der Waals surface area (Å²) in [6, 6.07) is 4.48. The highest BCUT2D eigenvalue weighted by Crippen LogP contribution is 2.29. The van der Waals surface area contributed by atoms with Crippen LogP contribution < -0.4 is 11.1 Å². The van der Waals surface area contributed by atoms with Crippen LogP contribution in [0.15, 0.2) is 18.2 Å². The number of carbonyl (C=O) groups is 1. The van der Waals surface area contributed by atoms with Gasteiger partial charge in [-0.25, -0.2) is 0 Å². The molecule has 2 unspecified atom stereocenters. The number of anilines is 1. The maximum absolute atomic E-state index is 11.2. The highest BCUT2D eigenvalue weighted by molar-refractivity contribution is 5.94. The molecule has 0 spiro atoms. The van der Waals surface area contributed by atoms with Gasteiger partial charge in [-0.15, -0.1) is 0 Å². The molecule has 1 aliphatic heterocycles. The summed E-state index contributed by atoms with van der Waals surface area (Å²) in [5, 5.41) is 14.4. The minimum Gasteiger partial charge on any atom is -0.376 e. The van der Waals surface area contributed by atoms with Crippen LogP contribution in [0.1, 0.15) is 23.7 Å². The third kappa shape index (κ3) is 3.49. The van der Waals surface area contributed by atoms with Gasteiger partial charge in [-0.2, -0.15) is 0 Å². The van der Waals surface area contributed by atoms with E-state index in [4.69, 9.17) is 5.73 Å². The quantitative estimate of drug-likeness (QED) is 0.646. The van der Waals surface area contributed by atoms with Crippen LogP contribution in [0.25, 0.3) is 0 Å². The largest absolute Gasteiger partial charge is 0.376 e. The highest BCUT2D eigenvalue weighted by atomic mass is 16.6. The number of nitrogens with zero attached hydrogens (tertiary/aromatic N) is 2. The van der Waals surface area contributed by atoms with Crippen LogP contribution in [0.3, 0.4) is 0 Å². The molecule has 0 radical (unpaired) electrons. The average Bonchev–Trinajstić information content (AvgIpc) is 2.41. The summed E-state index contributed by atoms with van der Waals surface area (Å²) < 4.78 is 0. The smallest absolute Gasteiger partial charge is 0.293 e. The molecule has 0 saturated carbocycles. The van der Waals surface area contributed by atoms with Crippen molar-refractivity contribution < 1.29 is 9.72 Å². The zero-order valence-corrected chi connectivity index (χ0v) is 12.2. The molecule has 7 nitrogen and oxygen atoms in total. The fraction of sp³-hybridized carbons (Fsp3) is 0.500. The first-order valence-electron chi connectivity index (χ1n) is 6.92. The van der Waals surface area contributed by atoms with Gasteiger partial charge in [0.25, 0.3) is 5.69 Å². The standard InChI is InChI=1S/C14H20N4O3/c1-9-8-17(2)6-5-11(9)16-12-4-3-10(14(15)19)7-13(12)18(20)21/h3-4,7,9,11,16H,5-6,8H2,1-2H3,(H2,15,19). The van der Waals surface area contributed by atoms with E-state index in [-0.39, 0.29) is 17.3 Å². The van der Waals surface area contributed by atoms with E-state index in [1.807, 2.05) is 0 Å². The van der Waals surface area contributed by atoms with Crippen molar-refractivity contribution in [1.82, 2.24) is 4.90 Å². The number of hydrogen-bond donors (Lipinski definition) is 2. The number of likely N-dealkylation sites (tertiary alicyclic amines) is 1. The van der Waals surface area contributed by atoms with Crippen LogP contribution in [0.5, 0.6) is 0 Å². The number of nitro groups is 1. The molecule has 1 aliphatic rings. The molecule has 1 heterocycles. The lowest BCUT2D eigenvalue weighted by Crippen LogP contribution is -2.43. The Balaban J connectivity index is 2.23. The first-order valence-corrected chi connectivity index (χ1v) is 6.92. The Morgan fingerprint density at radius 2 is 2.24 bits per heavy atom. The SMILES string of the molecule is CC1CN(C)CCC1Nc1ccc(C(N)=O)cc1[N+](=O)[O-]. The number of amides is 1. The topological polar surface area (TPSA) is 102 Å². The van der Waals surface area contributed by atoms with E-state index < -0.39 is 10.8 Å². The predicted octanol–water partition coefficient (Wildman–Crippen LogP) is 1.45. The Labute approximate surface area is 123 Å². The van der Waals surface area contributed by atoms with Crippen LogP contribution in [0.2, 0.25) is 0 Å². The summed E-state index contributed by atoms with van der Waals surface area (Å²) in [5.74, 6) is -0.281. The minimum atomic E-state index is -0.669. The average molecular weight is 292 g/mol. The van der Waals surface area contributed by atoms with Crippen molar-refractivity contribution in [2.45, 2.75) is 19.4 Å². The van der Waals surface area contributed by atoms with E-state index in [9.17, 15) is 14.9 Å². The second kappa shape index (κ2) is 6.09. The van der Waals surface area contributed by atoms with Gasteiger partial charge in [0.2, 0.25) is 5.91 Å². The third-order valence-corrected chi connectivity index (χ3v) is 3.93. The summed E-state index contributed by atoms with van der Waals surface area (Å²) in [4.78, 5) is 24.1. The molecule has 1 aromatic carbocycles. The molecule has 1 aromatic rings. The second-order valence-electron chi connectivity index (χ2n) is 5.63. The van der Waals surface area contributed by atoms with Gasteiger partial charge in [-0.05, 0) is 38.1 Å². The Bertz CT molecular complexity index is 561. The van der Waals surface area contributed by atoms with Crippen LogP contribution in [0.4, 0.5) is 11.4 Å². The molecule has 21 heavy (non-hydrogen) atoms. The zero-order valence-electron chi connectivity index (χ0n) is 12.2. The zero-order chi connectivity index (χ0) is 15.6. The summed E-state index contributed by atoms with van der Waals surface area (Å²) in [6.07, 6.45) is 0.923. The molecule has 0 aromatic heterocycles. The maximum Gasteiger partial charge on any atom is 0.293 e. The summed E-state index contributed by atoms with van der Waals surface area (Å²) in [6.45, 7) is 4.02. The molecule has 0 aliphatic carbocycles. The first-order chi connectivity index (χ1) is 9.88. The van der Waals surface area contributed by atoms with Crippen LogP contribution in [-0.4, -0.2) is 41.9 Å². The van der Waals surface area contributed by atoms with Crippen molar-refractivity contribution in [3.63, 3.8) is 0 Å². The van der Waals surface area contributed by atoms with Gasteiger partial charge in [0.15, 0.2) is 0 Å². The Hall–Kier alpha value is -2.15. The van der Waals surface area contributed by atoms with E-state index >= 15 is 0 Å². The molecule has 1 fully saturated rings. The molecular weight excluding hydrogens is 272 g/mol. The Morgan fingerprint density at radius 1 is 1.52 bits per heavy atom. The number of nitrogens with one attached hydrogen (secondary N) is 1. The number of primary amides is 1. The molecule has 1 amide bonds. The van der Waals surface area contributed by atoms with E-state index in [1.165, 1.54) is 12.1 Å². The van der Waals surface area contributed by atoms with Crippen molar-refractivity contribution in [1.29, 1.82) is 0 Å². The number of piperidine rings is 1. The molecular formula is C14H20N4O3. The summed E-state index contributed by atoms with van der Waals surface area (Å²) in [7, 11) is 2.07. The number of rotatable bonds is 4. The number of nitrogens with two attached hydrogens (primary N) is 1. The number of nitro benzene ring substituents is 1. The van der Waals surface area contributed by atoms with E-state index in [2.05, 4.69) is 24.2 Å². The normalized spacial score (nSPS) is 22.8. The molecule has 114 valence electrons. The summed E-state index contributed by atoms with van der Waals surface area (Å²) >= 11 is 0. The number of carbonyl (C=O) groups excluding carboxylic acids is 1. The summed E-state index contributed by atoms with van der Waals surface area (Å²) in [5.41, 5.74) is 5.63. The van der Waals surface area contributed by atoms with Gasteiger partial charge in [0.05, 0.1) is 4.92 Å². The first kappa shape index (κ1) is 15.2. The fourth-order valence-corrected chi connectivity index (χ4v) is 2.73. The molecule has 1 saturated heterocycles. The van der Waals surface area contributed by atoms with E-state index in [1.54, 1.807) is 6.07 Å². The van der Waals surface area contributed by atoms with Crippen LogP contribution in [0, 0.1) is 16.0 Å². The maximum atomic E-state index is 11.2. The van der Waals surface area contributed by atoms with Crippen LogP contribution in [-0.2, 0) is 0 Å². The molecule has 2 atom stereocenters. The van der Waals surface area contributed by atoms with Gasteiger partial charge in [-0.3, -0.25) is 14.9 Å². The monoisotopic (exact) mass is 292 g/mol. The van der Waals surface area contributed by atoms with Gasteiger partial charge in [0.1, 0.15) is 5.69 Å². The van der Waals surface area contributed by atoms with Crippen molar-refractivity contribution in [2.24, 2.45) is 11.7 Å². The van der Waals surface area contributed by atoms with Crippen molar-refractivity contribution in [2.75, 3.05) is 25.5 Å². The van der Waals surface area contributed by atoms with Gasteiger partial charge >= 0.3 is 0 Å². The van der Waals surface area contributed by atoms with Gasteiger partial charge < -0.3 is 16.0 Å². The lowest BCUT2D eigenvalue weighted by Gasteiger charge is -2.35. The van der Waals surface area contributed by atoms with E-state index in [0.29, 0.717) is 11.6 Å². The molecule has 0 bridgehead atoms. The second-order valence-corrected chi connectivity index (χ2v) is 5.63. The Morgan fingerprint density at radius 3 is 2.81 bits per heavy atom. The molecule has 3 N–H and O–H groups in total. The van der Waals surface area contributed by atoms with Crippen molar-refractivity contribution in [3.05, 3.63) is 33.9 Å². The minimum absolute atomic E-state index is 0.113. The third-order valence-electron chi connectivity index (χ3n) is 3.93. The molecule has 2 rings (SSSR count).